The van der Waals surface area contributed by atoms with Gasteiger partial charge in [0, 0.05) is 29.8 Å². The molecule has 2 aromatic rings. The van der Waals surface area contributed by atoms with Gasteiger partial charge in [0.2, 0.25) is 17.8 Å². The molecule has 1 aromatic carbocycles. The van der Waals surface area contributed by atoms with Crippen molar-refractivity contribution in [1.29, 1.82) is 0 Å². The van der Waals surface area contributed by atoms with Gasteiger partial charge in [-0.2, -0.15) is 0 Å². The lowest BCUT2D eigenvalue weighted by Crippen LogP contribution is -2.43. The number of benzene rings is 1. The zero-order chi connectivity index (χ0) is 21.1. The van der Waals surface area contributed by atoms with Crippen molar-refractivity contribution in [3.8, 4) is 11.1 Å². The molecule has 2 amide bonds. The summed E-state index contributed by atoms with van der Waals surface area (Å²) in [7, 11) is 0. The highest BCUT2D eigenvalue weighted by molar-refractivity contribution is 5.93. The van der Waals surface area contributed by atoms with Gasteiger partial charge in [-0.15, -0.1) is 0 Å². The molecule has 4 rings (SSSR count). The minimum Gasteiger partial charge on any atom is -0.368 e. The highest BCUT2D eigenvalue weighted by atomic mass is 16.2. The fourth-order valence-electron chi connectivity index (χ4n) is 4.76. The maximum absolute atomic E-state index is 13.4. The highest BCUT2D eigenvalue weighted by Crippen LogP contribution is 2.38. The number of carbonyl (C=O) groups excluding carboxylic acids is 2. The van der Waals surface area contributed by atoms with Crippen LogP contribution in [0.4, 0.5) is 5.95 Å². The van der Waals surface area contributed by atoms with Crippen molar-refractivity contribution in [2.24, 2.45) is 11.7 Å². The minimum absolute atomic E-state index is 0.107. The molecule has 2 aliphatic rings. The minimum atomic E-state index is -0.466. The number of piperidine rings is 1. The predicted octanol–water partition coefficient (Wildman–Crippen LogP) is 3.46. The standard InChI is InChI=1S/C23H29N5O2/c24-21(29)16-11-9-15(10-12-16)18-14-26-23(25)27-20(18)19-8-4-5-13-28(19)22(30)17-6-2-1-3-7-17/h9-12,14,17,19H,1-8,13H2,(H2,24,29)(H2,25,26,27)/t19-/m1/s1. The van der Waals surface area contributed by atoms with Crippen LogP contribution >= 0.6 is 0 Å². The maximum atomic E-state index is 13.4. The number of carbonyl (C=O) groups is 2. The van der Waals surface area contributed by atoms with Gasteiger partial charge in [-0.1, -0.05) is 31.4 Å². The van der Waals surface area contributed by atoms with Crippen LogP contribution in [0.3, 0.4) is 0 Å². The first kappa shape index (κ1) is 20.3. The number of nitrogens with two attached hydrogens (primary N) is 2. The number of rotatable bonds is 4. The summed E-state index contributed by atoms with van der Waals surface area (Å²) < 4.78 is 0. The number of likely N-dealkylation sites (tertiary alicyclic amines) is 1. The average molecular weight is 408 g/mol. The molecule has 1 saturated heterocycles. The van der Waals surface area contributed by atoms with Crippen molar-refractivity contribution < 1.29 is 9.59 Å². The zero-order valence-electron chi connectivity index (χ0n) is 17.2. The number of primary amides is 1. The van der Waals surface area contributed by atoms with Gasteiger partial charge in [0.25, 0.3) is 0 Å². The lowest BCUT2D eigenvalue weighted by molar-refractivity contribution is -0.140. The molecule has 1 aliphatic heterocycles. The van der Waals surface area contributed by atoms with Crippen LogP contribution < -0.4 is 11.5 Å². The van der Waals surface area contributed by atoms with Crippen LogP contribution in [0.25, 0.3) is 11.1 Å². The van der Waals surface area contributed by atoms with Crippen molar-refractivity contribution >= 4 is 17.8 Å². The van der Waals surface area contributed by atoms with Crippen molar-refractivity contribution in [2.75, 3.05) is 12.3 Å². The summed E-state index contributed by atoms with van der Waals surface area (Å²) in [6.45, 7) is 0.754. The molecule has 1 saturated carbocycles. The number of hydrogen-bond acceptors (Lipinski definition) is 5. The van der Waals surface area contributed by atoms with E-state index in [0.29, 0.717) is 5.56 Å². The largest absolute Gasteiger partial charge is 0.368 e. The third-order valence-corrected chi connectivity index (χ3v) is 6.37. The van der Waals surface area contributed by atoms with Gasteiger partial charge in [0.05, 0.1) is 11.7 Å². The van der Waals surface area contributed by atoms with Crippen LogP contribution in [0.5, 0.6) is 0 Å². The molecule has 1 aliphatic carbocycles. The number of nitrogens with zero attached hydrogens (tertiary/aromatic N) is 3. The Labute approximate surface area is 176 Å². The van der Waals surface area contributed by atoms with Crippen LogP contribution in [0.2, 0.25) is 0 Å². The smallest absolute Gasteiger partial charge is 0.248 e. The fraction of sp³-hybridized carbons (Fsp3) is 0.478. The summed E-state index contributed by atoms with van der Waals surface area (Å²) in [6, 6.07) is 6.97. The van der Waals surface area contributed by atoms with Crippen LogP contribution in [0, 0.1) is 5.92 Å². The summed E-state index contributed by atoms with van der Waals surface area (Å²) >= 11 is 0. The summed E-state index contributed by atoms with van der Waals surface area (Å²) in [5.41, 5.74) is 14.3. The van der Waals surface area contributed by atoms with Crippen LogP contribution in [0.15, 0.2) is 30.5 Å². The van der Waals surface area contributed by atoms with E-state index in [0.717, 1.165) is 68.3 Å². The van der Waals surface area contributed by atoms with Crippen LogP contribution in [-0.2, 0) is 4.79 Å². The van der Waals surface area contributed by atoms with Gasteiger partial charge in [-0.3, -0.25) is 9.59 Å². The van der Waals surface area contributed by atoms with Gasteiger partial charge in [0.1, 0.15) is 0 Å². The predicted molar refractivity (Wildman–Crippen MR) is 115 cm³/mol. The van der Waals surface area contributed by atoms with E-state index in [9.17, 15) is 9.59 Å². The lowest BCUT2D eigenvalue weighted by Gasteiger charge is -2.39. The number of amides is 2. The number of anilines is 1. The Morgan fingerprint density at radius 2 is 1.67 bits per heavy atom. The molecule has 0 radical (unpaired) electrons. The first-order valence-corrected chi connectivity index (χ1v) is 10.9. The van der Waals surface area contributed by atoms with E-state index in [-0.39, 0.29) is 23.8 Å². The molecule has 0 bridgehead atoms. The highest BCUT2D eigenvalue weighted by Gasteiger charge is 2.35. The van der Waals surface area contributed by atoms with Crippen molar-refractivity contribution in [2.45, 2.75) is 57.4 Å². The van der Waals surface area contributed by atoms with E-state index in [1.165, 1.54) is 6.42 Å². The second-order valence-electron chi connectivity index (χ2n) is 8.35. The third kappa shape index (κ3) is 4.15. The first-order chi connectivity index (χ1) is 14.5. The number of hydrogen-bond donors (Lipinski definition) is 2. The monoisotopic (exact) mass is 407 g/mol. The Hall–Kier alpha value is -2.96. The van der Waals surface area contributed by atoms with Crippen molar-refractivity contribution in [3.05, 3.63) is 41.7 Å². The molecule has 7 nitrogen and oxygen atoms in total. The Bertz CT molecular complexity index is 922. The zero-order valence-corrected chi connectivity index (χ0v) is 17.2. The van der Waals surface area contributed by atoms with Gasteiger partial charge in [-0.05, 0) is 49.8 Å². The van der Waals surface area contributed by atoms with E-state index < -0.39 is 5.91 Å². The fourth-order valence-corrected chi connectivity index (χ4v) is 4.76. The quantitative estimate of drug-likeness (QED) is 0.805. The average Bonchev–Trinajstić information content (AvgIpc) is 2.79. The van der Waals surface area contributed by atoms with Crippen molar-refractivity contribution in [3.63, 3.8) is 0 Å². The van der Waals surface area contributed by atoms with Crippen molar-refractivity contribution in [1.82, 2.24) is 14.9 Å². The summed E-state index contributed by atoms with van der Waals surface area (Å²) in [4.78, 5) is 35.6. The second-order valence-corrected chi connectivity index (χ2v) is 8.35. The Morgan fingerprint density at radius 1 is 0.967 bits per heavy atom. The molecular formula is C23H29N5O2. The molecule has 2 heterocycles. The first-order valence-electron chi connectivity index (χ1n) is 10.9. The molecule has 30 heavy (non-hydrogen) atoms. The SMILES string of the molecule is NC(=O)c1ccc(-c2cnc(N)nc2[C@H]2CCCCN2C(=O)C2CCCCC2)cc1. The summed E-state index contributed by atoms with van der Waals surface area (Å²) in [6.07, 6.45) is 10.1. The van der Waals surface area contributed by atoms with E-state index in [4.69, 9.17) is 11.5 Å². The van der Waals surface area contributed by atoms with Crippen LogP contribution in [0.1, 0.15) is 73.5 Å². The van der Waals surface area contributed by atoms with Crippen LogP contribution in [-0.4, -0.2) is 33.2 Å². The van der Waals surface area contributed by atoms with E-state index in [1.807, 2.05) is 17.0 Å². The molecule has 7 heteroatoms. The van der Waals surface area contributed by atoms with E-state index >= 15 is 0 Å². The van der Waals surface area contributed by atoms with Gasteiger partial charge >= 0.3 is 0 Å². The summed E-state index contributed by atoms with van der Waals surface area (Å²) in [5.74, 6) is 0.119. The Balaban J connectivity index is 1.69. The normalized spacial score (nSPS) is 20.1. The van der Waals surface area contributed by atoms with Gasteiger partial charge < -0.3 is 16.4 Å². The number of aromatic nitrogens is 2. The summed E-state index contributed by atoms with van der Waals surface area (Å²) in [5, 5.41) is 0. The topological polar surface area (TPSA) is 115 Å². The molecule has 1 aromatic heterocycles. The molecule has 1 atom stereocenters. The lowest BCUT2D eigenvalue weighted by atomic mass is 9.86. The molecule has 0 spiro atoms. The van der Waals surface area contributed by atoms with E-state index in [1.54, 1.807) is 18.3 Å². The van der Waals surface area contributed by atoms with E-state index in [2.05, 4.69) is 9.97 Å². The molecule has 2 fully saturated rings. The molecule has 158 valence electrons. The molecular weight excluding hydrogens is 378 g/mol. The Kier molecular flexibility index (Phi) is 5.97. The molecule has 0 unspecified atom stereocenters. The second kappa shape index (κ2) is 8.81. The van der Waals surface area contributed by atoms with Gasteiger partial charge in [0.15, 0.2) is 0 Å². The molecule has 4 N–H and O–H groups in total. The third-order valence-electron chi connectivity index (χ3n) is 6.37. The Morgan fingerprint density at radius 3 is 2.37 bits per heavy atom. The number of nitrogen functional groups attached to an aromatic ring is 1. The maximum Gasteiger partial charge on any atom is 0.248 e. The van der Waals surface area contributed by atoms with Gasteiger partial charge in [-0.25, -0.2) is 9.97 Å².